The number of hydrogen-bond acceptors (Lipinski definition) is 2. The number of likely N-dealkylation sites (tertiary alicyclic amines) is 1. The van der Waals surface area contributed by atoms with Crippen LogP contribution in [0.5, 0.6) is 0 Å². The summed E-state index contributed by atoms with van der Waals surface area (Å²) < 4.78 is 0. The van der Waals surface area contributed by atoms with E-state index in [9.17, 15) is 9.90 Å². The van der Waals surface area contributed by atoms with E-state index in [1.165, 1.54) is 0 Å². The molecule has 0 saturated carbocycles. The van der Waals surface area contributed by atoms with Crippen molar-refractivity contribution in [1.82, 2.24) is 4.90 Å². The average molecular weight is 298 g/mol. The molecule has 4 heteroatoms. The molecule has 1 aromatic carbocycles. The van der Waals surface area contributed by atoms with Crippen LogP contribution < -0.4 is 0 Å². The van der Waals surface area contributed by atoms with Crippen LogP contribution in [-0.2, 0) is 5.33 Å². The van der Waals surface area contributed by atoms with Gasteiger partial charge in [-0.25, -0.2) is 0 Å². The van der Waals surface area contributed by atoms with Crippen LogP contribution in [0.4, 0.5) is 0 Å². The van der Waals surface area contributed by atoms with Gasteiger partial charge in [0.15, 0.2) is 0 Å². The third kappa shape index (κ3) is 2.53. The van der Waals surface area contributed by atoms with Gasteiger partial charge in [-0.15, -0.1) is 0 Å². The molecule has 2 rings (SSSR count). The lowest BCUT2D eigenvalue weighted by atomic mass is 9.90. The number of carbonyl (C=O) groups is 1. The summed E-state index contributed by atoms with van der Waals surface area (Å²) in [5.74, 6) is 0.00393. The Labute approximate surface area is 110 Å². The quantitative estimate of drug-likeness (QED) is 0.869. The number of halogens is 1. The molecule has 1 fully saturated rings. The van der Waals surface area contributed by atoms with Crippen LogP contribution in [0.25, 0.3) is 0 Å². The van der Waals surface area contributed by atoms with E-state index in [1.54, 1.807) is 4.90 Å². The topological polar surface area (TPSA) is 40.5 Å². The fourth-order valence-electron chi connectivity index (χ4n) is 1.95. The number of amides is 1. The molecule has 0 radical (unpaired) electrons. The molecule has 0 atom stereocenters. The summed E-state index contributed by atoms with van der Waals surface area (Å²) in [5, 5.41) is 10.7. The van der Waals surface area contributed by atoms with Crippen molar-refractivity contribution in [2.24, 2.45) is 0 Å². The molecule has 17 heavy (non-hydrogen) atoms. The number of benzene rings is 1. The maximum atomic E-state index is 12.0. The van der Waals surface area contributed by atoms with Gasteiger partial charge in [-0.3, -0.25) is 4.79 Å². The first kappa shape index (κ1) is 12.6. The molecule has 0 aliphatic carbocycles. The maximum absolute atomic E-state index is 12.0. The van der Waals surface area contributed by atoms with Gasteiger partial charge in [0.05, 0.1) is 18.7 Å². The molecule has 1 heterocycles. The normalized spacial score (nSPS) is 17.7. The van der Waals surface area contributed by atoms with E-state index in [0.29, 0.717) is 25.1 Å². The minimum atomic E-state index is -0.661. The standard InChI is InChI=1S/C13H16BrNO2/c1-2-13(17)8-15(9-13)12(16)11-5-3-10(7-14)4-6-11/h3-6,17H,2,7-9H2,1H3. The molecule has 1 aliphatic heterocycles. The van der Waals surface area contributed by atoms with E-state index in [0.717, 1.165) is 10.9 Å². The monoisotopic (exact) mass is 297 g/mol. The van der Waals surface area contributed by atoms with Crippen molar-refractivity contribution in [3.05, 3.63) is 35.4 Å². The summed E-state index contributed by atoms with van der Waals surface area (Å²) >= 11 is 3.37. The van der Waals surface area contributed by atoms with Gasteiger partial charge in [-0.2, -0.15) is 0 Å². The fraction of sp³-hybridized carbons (Fsp3) is 0.462. The second-order valence-electron chi connectivity index (χ2n) is 4.57. The molecule has 1 aliphatic rings. The van der Waals surface area contributed by atoms with Gasteiger partial charge in [-0.1, -0.05) is 35.0 Å². The van der Waals surface area contributed by atoms with Crippen LogP contribution in [-0.4, -0.2) is 34.6 Å². The largest absolute Gasteiger partial charge is 0.386 e. The van der Waals surface area contributed by atoms with Crippen LogP contribution in [0.1, 0.15) is 29.3 Å². The molecule has 0 aromatic heterocycles. The van der Waals surface area contributed by atoms with Gasteiger partial charge in [0.1, 0.15) is 0 Å². The lowest BCUT2D eigenvalue weighted by Gasteiger charge is -2.46. The Morgan fingerprint density at radius 3 is 2.47 bits per heavy atom. The van der Waals surface area contributed by atoms with Gasteiger partial charge in [0.2, 0.25) is 0 Å². The molecule has 92 valence electrons. The Kier molecular flexibility index (Phi) is 3.54. The van der Waals surface area contributed by atoms with Crippen molar-refractivity contribution in [3.63, 3.8) is 0 Å². The molecule has 0 spiro atoms. The second-order valence-corrected chi connectivity index (χ2v) is 5.13. The predicted octanol–water partition coefficient (Wildman–Crippen LogP) is 2.18. The Morgan fingerprint density at radius 1 is 1.41 bits per heavy atom. The van der Waals surface area contributed by atoms with Crippen molar-refractivity contribution in [2.45, 2.75) is 24.3 Å². The number of nitrogens with zero attached hydrogens (tertiary/aromatic N) is 1. The summed E-state index contributed by atoms with van der Waals surface area (Å²) in [6, 6.07) is 7.55. The summed E-state index contributed by atoms with van der Waals surface area (Å²) in [4.78, 5) is 13.7. The highest BCUT2D eigenvalue weighted by molar-refractivity contribution is 9.08. The lowest BCUT2D eigenvalue weighted by molar-refractivity contribution is -0.0826. The molecular formula is C13H16BrNO2. The van der Waals surface area contributed by atoms with Gasteiger partial charge in [-0.05, 0) is 24.1 Å². The van der Waals surface area contributed by atoms with E-state index in [-0.39, 0.29) is 5.91 Å². The second kappa shape index (κ2) is 4.78. The summed E-state index contributed by atoms with van der Waals surface area (Å²) in [6.45, 7) is 2.83. The van der Waals surface area contributed by atoms with Gasteiger partial charge >= 0.3 is 0 Å². The summed E-state index contributed by atoms with van der Waals surface area (Å²) in [7, 11) is 0. The Hall–Kier alpha value is -0.870. The van der Waals surface area contributed by atoms with Gasteiger partial charge < -0.3 is 10.0 Å². The molecular weight excluding hydrogens is 282 g/mol. The molecule has 1 N–H and O–H groups in total. The Bertz CT molecular complexity index is 410. The van der Waals surface area contributed by atoms with Crippen LogP contribution >= 0.6 is 15.9 Å². The van der Waals surface area contributed by atoms with Crippen LogP contribution in [0.3, 0.4) is 0 Å². The number of aliphatic hydroxyl groups is 1. The fourth-order valence-corrected chi connectivity index (χ4v) is 2.32. The highest BCUT2D eigenvalue weighted by atomic mass is 79.9. The van der Waals surface area contributed by atoms with E-state index in [1.807, 2.05) is 31.2 Å². The smallest absolute Gasteiger partial charge is 0.254 e. The highest BCUT2D eigenvalue weighted by Crippen LogP contribution is 2.25. The summed E-state index contributed by atoms with van der Waals surface area (Å²) in [6.07, 6.45) is 0.694. The lowest BCUT2D eigenvalue weighted by Crippen LogP contribution is -2.63. The number of alkyl halides is 1. The number of rotatable bonds is 3. The molecule has 0 unspecified atom stereocenters. The number of carbonyl (C=O) groups excluding carboxylic acids is 1. The van der Waals surface area contributed by atoms with E-state index in [4.69, 9.17) is 0 Å². The zero-order valence-corrected chi connectivity index (χ0v) is 11.4. The van der Waals surface area contributed by atoms with Crippen molar-refractivity contribution in [2.75, 3.05) is 13.1 Å². The van der Waals surface area contributed by atoms with Crippen LogP contribution in [0.2, 0.25) is 0 Å². The van der Waals surface area contributed by atoms with Gasteiger partial charge in [0.25, 0.3) is 5.91 Å². The Balaban J connectivity index is 2.01. The van der Waals surface area contributed by atoms with Crippen molar-refractivity contribution in [3.8, 4) is 0 Å². The minimum absolute atomic E-state index is 0.00393. The molecule has 0 bridgehead atoms. The van der Waals surface area contributed by atoms with Crippen LogP contribution in [0.15, 0.2) is 24.3 Å². The zero-order chi connectivity index (χ0) is 12.5. The zero-order valence-electron chi connectivity index (χ0n) is 9.82. The average Bonchev–Trinajstić information content (AvgIpc) is 2.34. The predicted molar refractivity (Wildman–Crippen MR) is 70.2 cm³/mol. The molecule has 1 amide bonds. The first-order valence-electron chi connectivity index (χ1n) is 5.74. The highest BCUT2D eigenvalue weighted by Gasteiger charge is 2.42. The van der Waals surface area contributed by atoms with Crippen molar-refractivity contribution < 1.29 is 9.90 Å². The van der Waals surface area contributed by atoms with E-state index in [2.05, 4.69) is 15.9 Å². The third-order valence-corrected chi connectivity index (χ3v) is 3.92. The number of hydrogen-bond donors (Lipinski definition) is 1. The number of β-amino-alcohol motifs (C(OH)–C–C–N with tert-alkyl or cyclic N) is 1. The van der Waals surface area contributed by atoms with Crippen molar-refractivity contribution >= 4 is 21.8 Å². The third-order valence-electron chi connectivity index (χ3n) is 3.27. The Morgan fingerprint density at radius 2 is 2.00 bits per heavy atom. The van der Waals surface area contributed by atoms with E-state index < -0.39 is 5.60 Å². The summed E-state index contributed by atoms with van der Waals surface area (Å²) in [5.41, 5.74) is 1.17. The maximum Gasteiger partial charge on any atom is 0.254 e. The van der Waals surface area contributed by atoms with E-state index >= 15 is 0 Å². The van der Waals surface area contributed by atoms with Crippen molar-refractivity contribution in [1.29, 1.82) is 0 Å². The SMILES string of the molecule is CCC1(O)CN(C(=O)c2ccc(CBr)cc2)C1. The first-order valence-corrected chi connectivity index (χ1v) is 6.87. The minimum Gasteiger partial charge on any atom is -0.386 e. The molecule has 3 nitrogen and oxygen atoms in total. The molecule has 1 saturated heterocycles. The van der Waals surface area contributed by atoms with Gasteiger partial charge in [0, 0.05) is 10.9 Å². The first-order chi connectivity index (χ1) is 8.08. The molecule has 1 aromatic rings. The van der Waals surface area contributed by atoms with Crippen LogP contribution in [0, 0.1) is 0 Å².